The number of halogens is 6. The summed E-state index contributed by atoms with van der Waals surface area (Å²) < 4.78 is 76.0. The molecule has 1 atom stereocenters. The van der Waals surface area contributed by atoms with E-state index in [2.05, 4.69) is 0 Å². The van der Waals surface area contributed by atoms with Crippen molar-refractivity contribution in [3.8, 4) is 0 Å². The van der Waals surface area contributed by atoms with E-state index in [1.54, 1.807) is 0 Å². The van der Waals surface area contributed by atoms with Crippen molar-refractivity contribution in [3.63, 3.8) is 0 Å². The number of carboxylic acid groups (broad SMARTS) is 1. The summed E-state index contributed by atoms with van der Waals surface area (Å²) in [6, 6.07) is -0.138. The minimum atomic E-state index is -4.96. The van der Waals surface area contributed by atoms with Crippen LogP contribution in [0.15, 0.2) is 18.2 Å². The Kier molecular flexibility index (Phi) is 4.45. The molecule has 1 aromatic carbocycles. The quantitative estimate of drug-likeness (QED) is 0.822. The van der Waals surface area contributed by atoms with Crippen LogP contribution in [0.3, 0.4) is 0 Å². The van der Waals surface area contributed by atoms with Crippen molar-refractivity contribution < 1.29 is 36.2 Å². The second kappa shape index (κ2) is 5.45. The third-order valence-electron chi connectivity index (χ3n) is 2.98. The molecule has 0 saturated heterocycles. The predicted molar refractivity (Wildman–Crippen MR) is 60.6 cm³/mol. The molecule has 1 rings (SSSR count). The van der Waals surface area contributed by atoms with Crippen molar-refractivity contribution in [1.82, 2.24) is 4.90 Å². The lowest BCUT2D eigenvalue weighted by molar-refractivity contribution is -0.143. The van der Waals surface area contributed by atoms with E-state index >= 15 is 0 Å². The van der Waals surface area contributed by atoms with Crippen LogP contribution in [0.4, 0.5) is 31.1 Å². The normalized spacial score (nSPS) is 13.9. The zero-order valence-electron chi connectivity index (χ0n) is 10.9. The van der Waals surface area contributed by atoms with Crippen LogP contribution in [0.5, 0.6) is 0 Å². The molecule has 0 aliphatic rings. The number of nitrogens with zero attached hydrogens (tertiary/aromatic N) is 1. The van der Waals surface area contributed by atoms with E-state index in [1.807, 2.05) is 0 Å². The molecule has 9 heteroatoms. The Bertz CT molecular complexity index is 505. The molecular weight excluding hydrogens is 304 g/mol. The molecule has 0 unspecified atom stereocenters. The minimum Gasteiger partial charge on any atom is -0.465 e. The van der Waals surface area contributed by atoms with Gasteiger partial charge in [0.05, 0.1) is 17.2 Å². The Morgan fingerprint density at radius 3 is 1.71 bits per heavy atom. The molecule has 1 amide bonds. The molecule has 0 radical (unpaired) electrons. The van der Waals surface area contributed by atoms with Gasteiger partial charge in [0.1, 0.15) is 0 Å². The van der Waals surface area contributed by atoms with Gasteiger partial charge in [-0.3, -0.25) is 0 Å². The van der Waals surface area contributed by atoms with Crippen LogP contribution in [0.1, 0.15) is 29.7 Å². The second-order valence-corrected chi connectivity index (χ2v) is 4.41. The lowest BCUT2D eigenvalue weighted by Gasteiger charge is -2.24. The van der Waals surface area contributed by atoms with E-state index in [1.165, 1.54) is 6.92 Å². The number of amides is 1. The van der Waals surface area contributed by atoms with Gasteiger partial charge in [-0.1, -0.05) is 0 Å². The van der Waals surface area contributed by atoms with Crippen molar-refractivity contribution in [2.45, 2.75) is 25.3 Å². The van der Waals surface area contributed by atoms with E-state index in [0.717, 1.165) is 7.05 Å². The van der Waals surface area contributed by atoms with Gasteiger partial charge in [0, 0.05) is 7.05 Å². The Hall–Kier alpha value is -1.93. The van der Waals surface area contributed by atoms with Gasteiger partial charge in [0.2, 0.25) is 0 Å². The summed E-state index contributed by atoms with van der Waals surface area (Å²) >= 11 is 0. The van der Waals surface area contributed by atoms with E-state index in [0.29, 0.717) is 17.0 Å². The summed E-state index contributed by atoms with van der Waals surface area (Å²) in [5, 5.41) is 8.75. The van der Waals surface area contributed by atoms with Crippen molar-refractivity contribution in [2.75, 3.05) is 7.05 Å². The van der Waals surface area contributed by atoms with Gasteiger partial charge in [-0.2, -0.15) is 26.3 Å². The van der Waals surface area contributed by atoms with Gasteiger partial charge in [-0.15, -0.1) is 0 Å². The maximum absolute atomic E-state index is 12.7. The van der Waals surface area contributed by atoms with E-state index in [-0.39, 0.29) is 11.6 Å². The number of rotatable bonds is 2. The summed E-state index contributed by atoms with van der Waals surface area (Å²) in [4.78, 5) is 11.4. The van der Waals surface area contributed by atoms with Crippen LogP contribution < -0.4 is 0 Å². The van der Waals surface area contributed by atoms with E-state index < -0.39 is 35.6 Å². The Morgan fingerprint density at radius 2 is 1.43 bits per heavy atom. The van der Waals surface area contributed by atoms with Crippen LogP contribution in [0, 0.1) is 0 Å². The average molecular weight is 315 g/mol. The van der Waals surface area contributed by atoms with Gasteiger partial charge in [0.15, 0.2) is 0 Å². The van der Waals surface area contributed by atoms with Gasteiger partial charge in [-0.25, -0.2) is 4.79 Å². The third kappa shape index (κ3) is 4.02. The predicted octanol–water partition coefficient (Wildman–Crippen LogP) is 4.40. The summed E-state index contributed by atoms with van der Waals surface area (Å²) in [6.45, 7) is 1.20. The first-order valence-electron chi connectivity index (χ1n) is 5.59. The molecular formula is C12H11F6NO2. The topological polar surface area (TPSA) is 40.5 Å². The molecule has 118 valence electrons. The number of hydrogen-bond donors (Lipinski definition) is 1. The first-order valence-corrected chi connectivity index (χ1v) is 5.59. The Labute approximate surface area is 115 Å². The molecule has 0 spiro atoms. The molecule has 0 aromatic heterocycles. The number of benzene rings is 1. The average Bonchev–Trinajstić information content (AvgIpc) is 2.34. The molecule has 0 bridgehead atoms. The van der Waals surface area contributed by atoms with Crippen LogP contribution >= 0.6 is 0 Å². The molecule has 1 N–H and O–H groups in total. The van der Waals surface area contributed by atoms with Crippen molar-refractivity contribution in [3.05, 3.63) is 34.9 Å². The molecule has 3 nitrogen and oxygen atoms in total. The zero-order chi connectivity index (χ0) is 16.6. The summed E-state index contributed by atoms with van der Waals surface area (Å²) in [6.07, 6.45) is -11.4. The van der Waals surface area contributed by atoms with Crippen molar-refractivity contribution in [2.24, 2.45) is 0 Å². The first kappa shape index (κ1) is 17.1. The molecule has 21 heavy (non-hydrogen) atoms. The molecule has 0 fully saturated rings. The molecule has 0 aliphatic carbocycles. The molecule has 0 heterocycles. The lowest BCUT2D eigenvalue weighted by atomic mass is 10.00. The fourth-order valence-corrected chi connectivity index (χ4v) is 1.61. The SMILES string of the molecule is C[C@H](c1cc(C(F)(F)F)cc(C(F)(F)F)c1)N(C)C(=O)O. The standard InChI is InChI=1S/C12H11F6NO2/c1-6(19(2)10(20)21)7-3-8(11(13,14)15)5-9(4-7)12(16,17)18/h3-6H,1-2H3,(H,20,21)/t6-/m1/s1. The zero-order valence-corrected chi connectivity index (χ0v) is 10.9. The highest BCUT2D eigenvalue weighted by atomic mass is 19.4. The van der Waals surface area contributed by atoms with Gasteiger partial charge in [0.25, 0.3) is 0 Å². The molecule has 0 aliphatic heterocycles. The molecule has 1 aromatic rings. The fourth-order valence-electron chi connectivity index (χ4n) is 1.61. The number of alkyl halides is 6. The van der Waals surface area contributed by atoms with Gasteiger partial charge < -0.3 is 10.0 Å². The largest absolute Gasteiger partial charge is 0.465 e. The maximum Gasteiger partial charge on any atom is 0.416 e. The smallest absolute Gasteiger partial charge is 0.416 e. The van der Waals surface area contributed by atoms with Crippen molar-refractivity contribution >= 4 is 6.09 Å². The summed E-state index contributed by atoms with van der Waals surface area (Å²) in [7, 11) is 1.06. The van der Waals surface area contributed by atoms with Crippen LogP contribution in [-0.2, 0) is 12.4 Å². The maximum atomic E-state index is 12.7. The highest BCUT2D eigenvalue weighted by molar-refractivity contribution is 5.65. The van der Waals surface area contributed by atoms with Crippen LogP contribution in [0.2, 0.25) is 0 Å². The first-order chi connectivity index (χ1) is 9.34. The monoisotopic (exact) mass is 315 g/mol. The highest BCUT2D eigenvalue weighted by Crippen LogP contribution is 2.38. The van der Waals surface area contributed by atoms with E-state index in [9.17, 15) is 31.1 Å². The second-order valence-electron chi connectivity index (χ2n) is 4.41. The van der Waals surface area contributed by atoms with Crippen LogP contribution in [0.25, 0.3) is 0 Å². The van der Waals surface area contributed by atoms with E-state index in [4.69, 9.17) is 5.11 Å². The summed E-state index contributed by atoms with van der Waals surface area (Å²) in [5.41, 5.74) is -3.34. The van der Waals surface area contributed by atoms with Crippen molar-refractivity contribution in [1.29, 1.82) is 0 Å². The number of carbonyl (C=O) groups is 1. The third-order valence-corrected chi connectivity index (χ3v) is 2.98. The fraction of sp³-hybridized carbons (Fsp3) is 0.417. The minimum absolute atomic E-state index is 0.00299. The van der Waals surface area contributed by atoms with Gasteiger partial charge in [-0.05, 0) is 30.7 Å². The van der Waals surface area contributed by atoms with Crippen LogP contribution in [-0.4, -0.2) is 23.1 Å². The Balaban J connectivity index is 3.42. The lowest BCUT2D eigenvalue weighted by Crippen LogP contribution is -2.28. The number of hydrogen-bond acceptors (Lipinski definition) is 1. The molecule has 0 saturated carbocycles. The highest BCUT2D eigenvalue weighted by Gasteiger charge is 2.37. The Morgan fingerprint density at radius 1 is 1.05 bits per heavy atom. The summed E-state index contributed by atoms with van der Waals surface area (Å²) in [5.74, 6) is 0. The van der Waals surface area contributed by atoms with Gasteiger partial charge >= 0.3 is 18.4 Å².